The predicted molar refractivity (Wildman–Crippen MR) is 97.7 cm³/mol. The molecule has 1 aromatic carbocycles. The van der Waals surface area contributed by atoms with Gasteiger partial charge in [0.05, 0.1) is 16.6 Å². The molecule has 1 aromatic rings. The molecule has 1 fully saturated rings. The molecule has 0 saturated carbocycles. The van der Waals surface area contributed by atoms with Gasteiger partial charge in [0.1, 0.15) is 0 Å². The van der Waals surface area contributed by atoms with Crippen molar-refractivity contribution >= 4 is 35.0 Å². The largest absolute Gasteiger partial charge is 0.342 e. The first-order chi connectivity index (χ1) is 11.7. The molecule has 136 valence electrons. The Hall–Kier alpha value is -2.08. The highest BCUT2D eigenvalue weighted by atomic mass is 35.5. The smallest absolute Gasteiger partial charge is 0.253 e. The summed E-state index contributed by atoms with van der Waals surface area (Å²) in [5, 5.41) is 3.12. The molecule has 1 heterocycles. The number of anilines is 1. The summed E-state index contributed by atoms with van der Waals surface area (Å²) in [5.74, 6) is -0.819. The van der Waals surface area contributed by atoms with Crippen LogP contribution in [-0.4, -0.2) is 53.7 Å². The Labute approximate surface area is 153 Å². The Morgan fingerprint density at radius 1 is 1.40 bits per heavy atom. The Kier molecular flexibility index (Phi) is 6.06. The van der Waals surface area contributed by atoms with Crippen LogP contribution in [0.5, 0.6) is 0 Å². The van der Waals surface area contributed by atoms with Crippen LogP contribution in [0, 0.1) is 5.92 Å². The summed E-state index contributed by atoms with van der Waals surface area (Å²) in [6.07, 6.45) is 0.200. The van der Waals surface area contributed by atoms with E-state index in [0.29, 0.717) is 29.4 Å². The summed E-state index contributed by atoms with van der Waals surface area (Å²) in [6.45, 7) is 6.73. The number of rotatable bonds is 5. The Bertz CT molecular complexity index is 690. The van der Waals surface area contributed by atoms with Crippen LogP contribution in [0.15, 0.2) is 18.2 Å². The second-order valence-corrected chi connectivity index (χ2v) is 6.93. The Balaban J connectivity index is 2.14. The minimum atomic E-state index is -0.402. The van der Waals surface area contributed by atoms with Crippen LogP contribution in [0.1, 0.15) is 37.6 Å². The SMILES string of the molecule is CCN1CC(C(=O)Nc2cc(C(=O)N(C)C(C)C)ccc2Cl)CC1=O. The van der Waals surface area contributed by atoms with Gasteiger partial charge in [0.15, 0.2) is 0 Å². The fourth-order valence-corrected chi connectivity index (χ4v) is 2.85. The van der Waals surface area contributed by atoms with Crippen molar-refractivity contribution in [2.24, 2.45) is 5.92 Å². The van der Waals surface area contributed by atoms with E-state index in [0.717, 1.165) is 0 Å². The van der Waals surface area contributed by atoms with Gasteiger partial charge in [-0.25, -0.2) is 0 Å². The van der Waals surface area contributed by atoms with E-state index in [9.17, 15) is 14.4 Å². The molecule has 0 aromatic heterocycles. The van der Waals surface area contributed by atoms with Crippen LogP contribution in [-0.2, 0) is 9.59 Å². The molecule has 0 radical (unpaired) electrons. The van der Waals surface area contributed by atoms with Gasteiger partial charge >= 0.3 is 0 Å². The van der Waals surface area contributed by atoms with Gasteiger partial charge in [-0.05, 0) is 39.0 Å². The molecule has 1 saturated heterocycles. The minimum Gasteiger partial charge on any atom is -0.342 e. The van der Waals surface area contributed by atoms with Gasteiger partial charge in [0, 0.05) is 38.2 Å². The molecule has 1 aliphatic rings. The van der Waals surface area contributed by atoms with Crippen molar-refractivity contribution < 1.29 is 14.4 Å². The Morgan fingerprint density at radius 3 is 2.64 bits per heavy atom. The maximum absolute atomic E-state index is 12.5. The molecule has 2 rings (SSSR count). The van der Waals surface area contributed by atoms with E-state index in [2.05, 4.69) is 5.32 Å². The normalized spacial score (nSPS) is 17.1. The quantitative estimate of drug-likeness (QED) is 0.872. The molecule has 1 unspecified atom stereocenters. The summed E-state index contributed by atoms with van der Waals surface area (Å²) >= 11 is 6.16. The third-order valence-corrected chi connectivity index (χ3v) is 4.86. The average molecular weight is 366 g/mol. The van der Waals surface area contributed by atoms with Crippen LogP contribution in [0.2, 0.25) is 5.02 Å². The lowest BCUT2D eigenvalue weighted by Crippen LogP contribution is -2.33. The molecule has 0 aliphatic carbocycles. The number of hydrogen-bond acceptors (Lipinski definition) is 3. The van der Waals surface area contributed by atoms with Crippen LogP contribution in [0.25, 0.3) is 0 Å². The van der Waals surface area contributed by atoms with Crippen LogP contribution in [0.3, 0.4) is 0 Å². The second-order valence-electron chi connectivity index (χ2n) is 6.53. The molecule has 3 amide bonds. The van der Waals surface area contributed by atoms with Crippen molar-refractivity contribution in [3.05, 3.63) is 28.8 Å². The van der Waals surface area contributed by atoms with E-state index in [-0.39, 0.29) is 30.2 Å². The van der Waals surface area contributed by atoms with Gasteiger partial charge in [-0.2, -0.15) is 0 Å². The standard InChI is InChI=1S/C18H24ClN3O3/c1-5-22-10-13(9-16(22)23)17(24)20-15-8-12(6-7-14(15)19)18(25)21(4)11(2)3/h6-8,11,13H,5,9-10H2,1-4H3,(H,20,24). The lowest BCUT2D eigenvalue weighted by atomic mass is 10.1. The van der Waals surface area contributed by atoms with Gasteiger partial charge in [-0.15, -0.1) is 0 Å². The lowest BCUT2D eigenvalue weighted by Gasteiger charge is -2.22. The lowest BCUT2D eigenvalue weighted by molar-refractivity contribution is -0.128. The van der Waals surface area contributed by atoms with E-state index >= 15 is 0 Å². The van der Waals surface area contributed by atoms with Crippen molar-refractivity contribution in [3.8, 4) is 0 Å². The maximum Gasteiger partial charge on any atom is 0.253 e. The topological polar surface area (TPSA) is 69.7 Å². The third kappa shape index (κ3) is 4.31. The zero-order valence-electron chi connectivity index (χ0n) is 15.0. The number of likely N-dealkylation sites (tertiary alicyclic amines) is 1. The summed E-state index contributed by atoms with van der Waals surface area (Å²) in [6, 6.07) is 4.87. The fourth-order valence-electron chi connectivity index (χ4n) is 2.68. The zero-order chi connectivity index (χ0) is 18.7. The molecule has 1 aliphatic heterocycles. The van der Waals surface area contributed by atoms with E-state index < -0.39 is 5.92 Å². The Morgan fingerprint density at radius 2 is 2.08 bits per heavy atom. The second kappa shape index (κ2) is 7.87. The number of nitrogens with one attached hydrogen (secondary N) is 1. The summed E-state index contributed by atoms with van der Waals surface area (Å²) in [4.78, 5) is 40.0. The average Bonchev–Trinajstić information content (AvgIpc) is 2.96. The third-order valence-electron chi connectivity index (χ3n) is 4.53. The van der Waals surface area contributed by atoms with Crippen LogP contribution < -0.4 is 5.32 Å². The fraction of sp³-hybridized carbons (Fsp3) is 0.500. The number of carbonyl (C=O) groups is 3. The summed E-state index contributed by atoms with van der Waals surface area (Å²) < 4.78 is 0. The first-order valence-electron chi connectivity index (χ1n) is 8.40. The highest BCUT2D eigenvalue weighted by molar-refractivity contribution is 6.34. The van der Waals surface area contributed by atoms with E-state index in [1.54, 1.807) is 35.0 Å². The van der Waals surface area contributed by atoms with Gasteiger partial charge in [-0.3, -0.25) is 14.4 Å². The number of nitrogens with zero attached hydrogens (tertiary/aromatic N) is 2. The van der Waals surface area contributed by atoms with Gasteiger partial charge in [0.2, 0.25) is 11.8 Å². The number of hydrogen-bond donors (Lipinski definition) is 1. The molecule has 0 spiro atoms. The molecule has 7 heteroatoms. The maximum atomic E-state index is 12.5. The highest BCUT2D eigenvalue weighted by Gasteiger charge is 2.33. The monoisotopic (exact) mass is 365 g/mol. The van der Waals surface area contributed by atoms with Crippen molar-refractivity contribution in [1.82, 2.24) is 9.80 Å². The van der Waals surface area contributed by atoms with Crippen molar-refractivity contribution in [2.75, 3.05) is 25.5 Å². The number of carbonyl (C=O) groups excluding carboxylic acids is 3. The molecular weight excluding hydrogens is 342 g/mol. The molecule has 0 bridgehead atoms. The van der Waals surface area contributed by atoms with Gasteiger partial charge in [-0.1, -0.05) is 11.6 Å². The van der Waals surface area contributed by atoms with Gasteiger partial charge < -0.3 is 15.1 Å². The molecule has 1 atom stereocenters. The molecular formula is C18H24ClN3O3. The number of halogens is 1. The molecule has 6 nitrogen and oxygen atoms in total. The van der Waals surface area contributed by atoms with E-state index in [4.69, 9.17) is 11.6 Å². The van der Waals surface area contributed by atoms with Crippen LogP contribution >= 0.6 is 11.6 Å². The van der Waals surface area contributed by atoms with E-state index in [1.807, 2.05) is 20.8 Å². The molecule has 1 N–H and O–H groups in total. The van der Waals surface area contributed by atoms with Crippen molar-refractivity contribution in [3.63, 3.8) is 0 Å². The first-order valence-corrected chi connectivity index (χ1v) is 8.77. The number of amides is 3. The minimum absolute atomic E-state index is 0.0174. The van der Waals surface area contributed by atoms with Crippen molar-refractivity contribution in [1.29, 1.82) is 0 Å². The van der Waals surface area contributed by atoms with Crippen molar-refractivity contribution in [2.45, 2.75) is 33.2 Å². The highest BCUT2D eigenvalue weighted by Crippen LogP contribution is 2.26. The summed E-state index contributed by atoms with van der Waals surface area (Å²) in [5.41, 5.74) is 0.839. The predicted octanol–water partition coefficient (Wildman–Crippen LogP) is 2.63. The zero-order valence-corrected chi connectivity index (χ0v) is 15.8. The first kappa shape index (κ1) is 19.2. The van der Waals surface area contributed by atoms with Crippen LogP contribution in [0.4, 0.5) is 5.69 Å². The van der Waals surface area contributed by atoms with Gasteiger partial charge in [0.25, 0.3) is 5.91 Å². The van der Waals surface area contributed by atoms with E-state index in [1.165, 1.54) is 0 Å². The summed E-state index contributed by atoms with van der Waals surface area (Å²) in [7, 11) is 1.73. The number of benzene rings is 1. The molecule has 25 heavy (non-hydrogen) atoms.